The van der Waals surface area contributed by atoms with Crippen LogP contribution < -0.4 is 0 Å². The van der Waals surface area contributed by atoms with Gasteiger partial charge in [0.15, 0.2) is 0 Å². The van der Waals surface area contributed by atoms with Crippen LogP contribution in [0.1, 0.15) is 28.3 Å². The highest BCUT2D eigenvalue weighted by Gasteiger charge is 2.20. The largest absolute Gasteiger partial charge is 0.351 e. The van der Waals surface area contributed by atoms with Crippen LogP contribution in [-0.2, 0) is 6.42 Å². The second-order valence-electron chi connectivity index (χ2n) is 8.30. The van der Waals surface area contributed by atoms with Gasteiger partial charge in [0.05, 0.1) is 11.4 Å². The highest BCUT2D eigenvalue weighted by Crippen LogP contribution is 2.21. The summed E-state index contributed by atoms with van der Waals surface area (Å²) in [6, 6.07) is 15.8. The van der Waals surface area contributed by atoms with Crippen LogP contribution in [0.2, 0.25) is 0 Å². The van der Waals surface area contributed by atoms with Gasteiger partial charge in [0.1, 0.15) is 11.5 Å². The Balaban J connectivity index is 1.35. The summed E-state index contributed by atoms with van der Waals surface area (Å²) >= 11 is 0. The lowest BCUT2D eigenvalue weighted by Gasteiger charge is -2.19. The van der Waals surface area contributed by atoms with Gasteiger partial charge in [-0.2, -0.15) is 0 Å². The number of hydrogen-bond donors (Lipinski definition) is 1. The minimum Gasteiger partial charge on any atom is -0.351 e. The first-order valence-corrected chi connectivity index (χ1v) is 11.0. The fraction of sp³-hybridized carbons (Fsp3) is 0.280. The maximum Gasteiger partial charge on any atom is 0.270 e. The summed E-state index contributed by atoms with van der Waals surface area (Å²) in [7, 11) is 2.11. The van der Waals surface area contributed by atoms with Gasteiger partial charge < -0.3 is 14.8 Å². The van der Waals surface area contributed by atoms with Crippen molar-refractivity contribution in [3.63, 3.8) is 0 Å². The molecule has 0 atom stereocenters. The average molecular weight is 427 g/mol. The SMILES string of the molecule is CN1CCCN(C(=O)c2cc3cc(Cc4nccc(-c5ccccn5)n4)ccc3[nH]2)CC1. The number of carbonyl (C=O) groups excluding carboxylic acids is 1. The summed E-state index contributed by atoms with van der Waals surface area (Å²) in [6.07, 6.45) is 5.16. The Morgan fingerprint density at radius 3 is 2.78 bits per heavy atom. The molecule has 1 aromatic carbocycles. The molecule has 0 radical (unpaired) electrons. The van der Waals surface area contributed by atoms with Crippen molar-refractivity contribution in [3.8, 4) is 11.4 Å². The zero-order valence-electron chi connectivity index (χ0n) is 18.2. The van der Waals surface area contributed by atoms with E-state index in [-0.39, 0.29) is 5.91 Å². The number of amides is 1. The van der Waals surface area contributed by atoms with Crippen molar-refractivity contribution in [1.29, 1.82) is 0 Å². The molecule has 4 heterocycles. The fourth-order valence-corrected chi connectivity index (χ4v) is 4.15. The van der Waals surface area contributed by atoms with Crippen LogP contribution in [0, 0.1) is 0 Å². The van der Waals surface area contributed by atoms with Crippen molar-refractivity contribution < 1.29 is 4.79 Å². The quantitative estimate of drug-likeness (QED) is 0.541. The van der Waals surface area contributed by atoms with Crippen LogP contribution in [0.3, 0.4) is 0 Å². The molecule has 0 spiro atoms. The van der Waals surface area contributed by atoms with Gasteiger partial charge in [0.2, 0.25) is 0 Å². The van der Waals surface area contributed by atoms with E-state index in [0.29, 0.717) is 12.1 Å². The van der Waals surface area contributed by atoms with Crippen molar-refractivity contribution in [3.05, 3.63) is 78.0 Å². The number of H-pyrrole nitrogens is 1. The number of hydrogen-bond acceptors (Lipinski definition) is 5. The van der Waals surface area contributed by atoms with Gasteiger partial charge in [-0.1, -0.05) is 12.1 Å². The smallest absolute Gasteiger partial charge is 0.270 e. The summed E-state index contributed by atoms with van der Waals surface area (Å²) in [5.41, 5.74) is 4.36. The van der Waals surface area contributed by atoms with Crippen molar-refractivity contribution in [2.24, 2.45) is 0 Å². The van der Waals surface area contributed by atoms with Crippen LogP contribution >= 0.6 is 0 Å². The number of likely N-dealkylation sites (N-methyl/N-ethyl adjacent to an activating group) is 1. The zero-order valence-corrected chi connectivity index (χ0v) is 18.2. The van der Waals surface area contributed by atoms with E-state index in [1.54, 1.807) is 12.4 Å². The molecule has 1 saturated heterocycles. The topological polar surface area (TPSA) is 78.0 Å². The van der Waals surface area contributed by atoms with Gasteiger partial charge in [0, 0.05) is 49.4 Å². The lowest BCUT2D eigenvalue weighted by atomic mass is 10.1. The van der Waals surface area contributed by atoms with Gasteiger partial charge in [-0.05, 0) is 62.0 Å². The fourth-order valence-electron chi connectivity index (χ4n) is 4.15. The normalized spacial score (nSPS) is 15.1. The number of fused-ring (bicyclic) bond motifs is 1. The third kappa shape index (κ3) is 4.38. The van der Waals surface area contributed by atoms with Gasteiger partial charge >= 0.3 is 0 Å². The molecule has 4 aromatic rings. The van der Waals surface area contributed by atoms with E-state index in [1.165, 1.54) is 0 Å². The number of nitrogens with one attached hydrogen (secondary N) is 1. The molecule has 32 heavy (non-hydrogen) atoms. The summed E-state index contributed by atoms with van der Waals surface area (Å²) in [6.45, 7) is 3.50. The number of pyridine rings is 1. The Morgan fingerprint density at radius 1 is 0.969 bits per heavy atom. The van der Waals surface area contributed by atoms with Gasteiger partial charge in [-0.15, -0.1) is 0 Å². The zero-order chi connectivity index (χ0) is 21.9. The molecule has 162 valence electrons. The molecule has 3 aromatic heterocycles. The van der Waals surface area contributed by atoms with E-state index < -0.39 is 0 Å². The Bertz CT molecular complexity index is 1240. The molecule has 1 N–H and O–H groups in total. The first-order chi connectivity index (χ1) is 15.7. The van der Waals surface area contributed by atoms with Gasteiger partial charge in [-0.25, -0.2) is 9.97 Å². The number of nitrogens with zero attached hydrogens (tertiary/aromatic N) is 5. The lowest BCUT2D eigenvalue weighted by Crippen LogP contribution is -2.34. The monoisotopic (exact) mass is 426 g/mol. The molecular formula is C25H26N6O. The van der Waals surface area contributed by atoms with E-state index in [1.807, 2.05) is 41.3 Å². The highest BCUT2D eigenvalue weighted by atomic mass is 16.2. The molecule has 7 nitrogen and oxygen atoms in total. The van der Waals surface area contributed by atoms with E-state index in [4.69, 9.17) is 0 Å². The Kier molecular flexibility index (Phi) is 5.64. The third-order valence-corrected chi connectivity index (χ3v) is 5.92. The van der Waals surface area contributed by atoms with Crippen LogP contribution in [0.4, 0.5) is 0 Å². The Hall–Kier alpha value is -3.58. The Morgan fingerprint density at radius 2 is 1.91 bits per heavy atom. The average Bonchev–Trinajstić information content (AvgIpc) is 3.13. The summed E-state index contributed by atoms with van der Waals surface area (Å²) in [5.74, 6) is 0.817. The van der Waals surface area contributed by atoms with Crippen molar-refractivity contribution in [2.45, 2.75) is 12.8 Å². The lowest BCUT2D eigenvalue weighted by molar-refractivity contribution is 0.0758. The third-order valence-electron chi connectivity index (χ3n) is 5.92. The molecule has 0 bridgehead atoms. The second kappa shape index (κ2) is 8.88. The van der Waals surface area contributed by atoms with Gasteiger partial charge in [-0.3, -0.25) is 9.78 Å². The standard InChI is InChI=1S/C25H26N6O/c1-30-11-4-12-31(14-13-30)25(32)23-17-19-15-18(6-7-20(19)28-23)16-24-27-10-8-22(29-24)21-5-2-3-9-26-21/h2-3,5-10,15,17,28H,4,11-14,16H2,1H3. The molecule has 5 rings (SSSR count). The number of aromatic amines is 1. The summed E-state index contributed by atoms with van der Waals surface area (Å²) in [5, 5.41) is 1.03. The number of rotatable bonds is 4. The summed E-state index contributed by atoms with van der Waals surface area (Å²) < 4.78 is 0. The molecule has 7 heteroatoms. The Labute approximate surface area is 187 Å². The maximum absolute atomic E-state index is 13.0. The molecule has 0 unspecified atom stereocenters. The molecule has 1 aliphatic rings. The van der Waals surface area contributed by atoms with E-state index in [2.05, 4.69) is 44.0 Å². The predicted molar refractivity (Wildman–Crippen MR) is 124 cm³/mol. The minimum atomic E-state index is 0.0736. The van der Waals surface area contributed by atoms with E-state index in [9.17, 15) is 4.79 Å². The van der Waals surface area contributed by atoms with Crippen molar-refractivity contribution in [2.75, 3.05) is 33.2 Å². The number of carbonyl (C=O) groups is 1. The number of benzene rings is 1. The molecular weight excluding hydrogens is 400 g/mol. The number of aromatic nitrogens is 4. The second-order valence-corrected chi connectivity index (χ2v) is 8.30. The van der Waals surface area contributed by atoms with E-state index in [0.717, 1.165) is 66.3 Å². The first kappa shape index (κ1) is 20.3. The van der Waals surface area contributed by atoms with Crippen LogP contribution in [0.15, 0.2) is 60.9 Å². The molecule has 0 aliphatic carbocycles. The minimum absolute atomic E-state index is 0.0736. The molecule has 1 amide bonds. The molecule has 1 aliphatic heterocycles. The highest BCUT2D eigenvalue weighted by molar-refractivity contribution is 5.98. The maximum atomic E-state index is 13.0. The van der Waals surface area contributed by atoms with Crippen LogP contribution in [0.5, 0.6) is 0 Å². The first-order valence-electron chi connectivity index (χ1n) is 11.0. The van der Waals surface area contributed by atoms with Gasteiger partial charge in [0.25, 0.3) is 5.91 Å². The van der Waals surface area contributed by atoms with Crippen LogP contribution in [-0.4, -0.2) is 68.9 Å². The van der Waals surface area contributed by atoms with Crippen LogP contribution in [0.25, 0.3) is 22.3 Å². The molecule has 0 saturated carbocycles. The van der Waals surface area contributed by atoms with Crippen molar-refractivity contribution >= 4 is 16.8 Å². The van der Waals surface area contributed by atoms with E-state index >= 15 is 0 Å². The predicted octanol–water partition coefficient (Wildman–Crippen LogP) is 3.39. The summed E-state index contributed by atoms with van der Waals surface area (Å²) in [4.78, 5) is 34.0. The molecule has 1 fully saturated rings. The van der Waals surface area contributed by atoms with Crippen molar-refractivity contribution in [1.82, 2.24) is 29.7 Å².